The van der Waals surface area contributed by atoms with E-state index in [4.69, 9.17) is 42.0 Å². The Morgan fingerprint density at radius 1 is 0.270 bits per heavy atom. The molecule has 0 aromatic heterocycles. The molecule has 0 bridgehead atoms. The van der Waals surface area contributed by atoms with Crippen LogP contribution in [0.15, 0.2) is 75.9 Å². The van der Waals surface area contributed by atoms with Crippen LogP contribution in [0.2, 0.25) is 0 Å². The molecule has 0 aromatic rings. The SMILES string of the molecule is C=CC(=O)OCCCCCCC(CCCCCCOC(=O)C=C)OP(=O)(OC(CCCCCCOC(=O)C=C)CCCCCCOC(=O)C=C)OC(CCCCCCOC(=O)C=C)CCCCCCOC(=O)C=C. The van der Waals surface area contributed by atoms with Crippen LogP contribution >= 0.6 is 7.82 Å². The molecule has 0 rings (SSSR count). The first-order chi connectivity index (χ1) is 35.8. The fourth-order valence-corrected chi connectivity index (χ4v) is 9.60. The molecule has 0 unspecified atom stereocenters. The van der Waals surface area contributed by atoms with E-state index in [-0.39, 0.29) is 0 Å². The van der Waals surface area contributed by atoms with Crippen molar-refractivity contribution in [3.63, 3.8) is 0 Å². The van der Waals surface area contributed by atoms with E-state index < -0.39 is 62.0 Å². The van der Waals surface area contributed by atoms with Crippen LogP contribution in [0.5, 0.6) is 0 Å². The molecule has 0 N–H and O–H groups in total. The van der Waals surface area contributed by atoms with E-state index in [1.54, 1.807) is 0 Å². The zero-order valence-electron chi connectivity index (χ0n) is 44.9. The Bertz CT molecular complexity index is 1360. The fourth-order valence-electron chi connectivity index (χ4n) is 7.73. The van der Waals surface area contributed by atoms with Gasteiger partial charge >= 0.3 is 43.6 Å². The van der Waals surface area contributed by atoms with Gasteiger partial charge in [0, 0.05) is 36.5 Å². The van der Waals surface area contributed by atoms with E-state index in [1.807, 2.05) is 0 Å². The molecule has 0 aromatic carbocycles. The number of hydrogen-bond donors (Lipinski definition) is 0. The molecule has 17 heteroatoms. The van der Waals surface area contributed by atoms with Crippen molar-refractivity contribution in [3.05, 3.63) is 75.9 Å². The molecule has 0 aliphatic rings. The molecule has 0 atom stereocenters. The number of ether oxygens (including phenoxy) is 6. The summed E-state index contributed by atoms with van der Waals surface area (Å²) in [4.78, 5) is 69.4. The molecule has 0 aliphatic carbocycles. The molecule has 0 saturated carbocycles. The van der Waals surface area contributed by atoms with Gasteiger partial charge in [-0.1, -0.05) is 155 Å². The smallest absolute Gasteiger partial charge is 0.463 e. The quantitative estimate of drug-likeness (QED) is 0.0183. The third-order valence-corrected chi connectivity index (χ3v) is 13.5. The summed E-state index contributed by atoms with van der Waals surface area (Å²) in [5.41, 5.74) is 0. The highest BCUT2D eigenvalue weighted by Gasteiger charge is 2.36. The van der Waals surface area contributed by atoms with E-state index in [1.165, 1.54) is 0 Å². The molecule has 74 heavy (non-hydrogen) atoms. The number of unbranched alkanes of at least 4 members (excludes halogenated alkanes) is 18. The second kappa shape index (κ2) is 49.3. The molecule has 0 radical (unpaired) electrons. The van der Waals surface area contributed by atoms with E-state index in [0.29, 0.717) is 117 Å². The van der Waals surface area contributed by atoms with Crippen molar-refractivity contribution in [2.45, 2.75) is 211 Å². The van der Waals surface area contributed by atoms with Gasteiger partial charge in [-0.2, -0.15) is 0 Å². The number of hydrogen-bond acceptors (Lipinski definition) is 16. The summed E-state index contributed by atoms with van der Waals surface area (Å²) in [6.45, 7) is 22.5. The van der Waals surface area contributed by atoms with Crippen LogP contribution in [0.1, 0.15) is 193 Å². The average molecular weight is 1070 g/mol. The van der Waals surface area contributed by atoms with Crippen LogP contribution in [-0.4, -0.2) is 93.8 Å². The summed E-state index contributed by atoms with van der Waals surface area (Å²) < 4.78 is 66.8. The molecule has 0 saturated heterocycles. The summed E-state index contributed by atoms with van der Waals surface area (Å²) in [6, 6.07) is 0. The largest absolute Gasteiger partial charge is 0.475 e. The normalized spacial score (nSPS) is 11.2. The van der Waals surface area contributed by atoms with E-state index in [0.717, 1.165) is 152 Å². The number of carbonyl (C=O) groups excluding carboxylic acids is 6. The molecular formula is C57H93O16P. The third-order valence-electron chi connectivity index (χ3n) is 11.8. The lowest BCUT2D eigenvalue weighted by molar-refractivity contribution is -0.138. The van der Waals surface area contributed by atoms with E-state index in [2.05, 4.69) is 39.5 Å². The number of carbonyl (C=O) groups is 6. The van der Waals surface area contributed by atoms with Gasteiger partial charge in [0.05, 0.1) is 58.0 Å². The van der Waals surface area contributed by atoms with Gasteiger partial charge in [-0.15, -0.1) is 0 Å². The van der Waals surface area contributed by atoms with Crippen LogP contribution in [0, 0.1) is 0 Å². The van der Waals surface area contributed by atoms with Crippen LogP contribution in [-0.2, 0) is 75.3 Å². The maximum atomic E-state index is 15.6. The average Bonchev–Trinajstić information content (AvgIpc) is 3.40. The Morgan fingerprint density at radius 2 is 0.419 bits per heavy atom. The van der Waals surface area contributed by atoms with Crippen molar-refractivity contribution in [1.29, 1.82) is 0 Å². The Balaban J connectivity index is 6.66. The van der Waals surface area contributed by atoms with E-state index >= 15 is 4.57 Å². The zero-order valence-corrected chi connectivity index (χ0v) is 45.8. The Morgan fingerprint density at radius 3 is 0.568 bits per heavy atom. The van der Waals surface area contributed by atoms with Crippen molar-refractivity contribution in [2.24, 2.45) is 0 Å². The van der Waals surface area contributed by atoms with Gasteiger partial charge in [-0.05, 0) is 77.0 Å². The van der Waals surface area contributed by atoms with Gasteiger partial charge in [-0.25, -0.2) is 33.3 Å². The number of phosphoric ester groups is 1. The minimum atomic E-state index is -4.27. The Labute approximate surface area is 444 Å². The monoisotopic (exact) mass is 1060 g/mol. The summed E-state index contributed by atoms with van der Waals surface area (Å²) in [7, 11) is -4.27. The first kappa shape index (κ1) is 69.4. The molecular weight excluding hydrogens is 972 g/mol. The lowest BCUT2D eigenvalue weighted by Gasteiger charge is -2.31. The van der Waals surface area contributed by atoms with Crippen molar-refractivity contribution < 1.29 is 75.3 Å². The number of phosphoric acid groups is 1. The predicted octanol–water partition coefficient (Wildman–Crippen LogP) is 13.3. The summed E-state index contributed by atoms with van der Waals surface area (Å²) in [5.74, 6) is -2.75. The second-order valence-corrected chi connectivity index (χ2v) is 19.6. The number of rotatable bonds is 54. The van der Waals surface area contributed by atoms with Crippen molar-refractivity contribution in [3.8, 4) is 0 Å². The molecule has 16 nitrogen and oxygen atoms in total. The summed E-state index contributed by atoms with van der Waals surface area (Å²) in [5, 5.41) is 0. The molecule has 0 amide bonds. The van der Waals surface area contributed by atoms with Gasteiger partial charge in [0.25, 0.3) is 0 Å². The molecule has 0 spiro atoms. The summed E-state index contributed by atoms with van der Waals surface area (Å²) in [6.07, 6.45) is 27.6. The maximum Gasteiger partial charge on any atom is 0.475 e. The molecule has 0 heterocycles. The van der Waals surface area contributed by atoms with Crippen molar-refractivity contribution >= 4 is 43.6 Å². The second-order valence-electron chi connectivity index (χ2n) is 18.1. The van der Waals surface area contributed by atoms with Crippen LogP contribution in [0.25, 0.3) is 0 Å². The molecule has 422 valence electrons. The van der Waals surface area contributed by atoms with E-state index in [9.17, 15) is 28.8 Å². The van der Waals surface area contributed by atoms with Gasteiger partial charge in [0.1, 0.15) is 0 Å². The number of esters is 6. The predicted molar refractivity (Wildman–Crippen MR) is 288 cm³/mol. The minimum absolute atomic E-state index is 0.295. The van der Waals surface area contributed by atoms with Gasteiger partial charge in [0.15, 0.2) is 0 Å². The lowest BCUT2D eigenvalue weighted by Crippen LogP contribution is -2.22. The first-order valence-corrected chi connectivity index (χ1v) is 28.7. The topological polar surface area (TPSA) is 203 Å². The van der Waals surface area contributed by atoms with Crippen LogP contribution in [0.3, 0.4) is 0 Å². The highest BCUT2D eigenvalue weighted by atomic mass is 31.2. The zero-order chi connectivity index (χ0) is 54.8. The summed E-state index contributed by atoms with van der Waals surface area (Å²) >= 11 is 0. The molecule has 0 fully saturated rings. The third kappa shape index (κ3) is 43.7. The highest BCUT2D eigenvalue weighted by molar-refractivity contribution is 7.48. The standard InChI is InChI=1S/C57H93O16P/c1-7-52(58)65-43-31-19-13-25-37-49(38-26-14-20-32-44-66-53(59)8-2)71-74(64,72-50(39-27-15-21-33-45-67-54(60)9-3)40-28-16-22-34-46-68-55(61)10-4)73-51(41-29-17-23-35-47-69-56(62)11-5)42-30-18-24-36-48-70-57(63)12-6/h7-12,49-51H,1-6,13-48H2. The van der Waals surface area contributed by atoms with Crippen LogP contribution < -0.4 is 0 Å². The maximum absolute atomic E-state index is 15.6. The van der Waals surface area contributed by atoms with Crippen molar-refractivity contribution in [2.75, 3.05) is 39.6 Å². The lowest BCUT2D eigenvalue weighted by atomic mass is 10.0. The Hall–Kier alpha value is -4.63. The highest BCUT2D eigenvalue weighted by Crippen LogP contribution is 2.55. The van der Waals surface area contributed by atoms with Crippen molar-refractivity contribution in [1.82, 2.24) is 0 Å². The fraction of sp³-hybridized carbons (Fsp3) is 0.684. The minimum Gasteiger partial charge on any atom is -0.463 e. The van der Waals surface area contributed by atoms with Gasteiger partial charge in [-0.3, -0.25) is 13.6 Å². The van der Waals surface area contributed by atoms with Gasteiger partial charge in [0.2, 0.25) is 0 Å². The van der Waals surface area contributed by atoms with Gasteiger partial charge < -0.3 is 28.4 Å². The Kier molecular flexibility index (Phi) is 46.2. The van der Waals surface area contributed by atoms with Crippen LogP contribution in [0.4, 0.5) is 0 Å². The molecule has 0 aliphatic heterocycles. The first-order valence-electron chi connectivity index (χ1n) is 27.2.